The van der Waals surface area contributed by atoms with Crippen LogP contribution in [-0.4, -0.2) is 12.9 Å². The minimum Gasteiger partial charge on any atom is -0.496 e. The first-order valence-electron chi connectivity index (χ1n) is 5.46. The predicted molar refractivity (Wildman–Crippen MR) is 67.2 cm³/mol. The van der Waals surface area contributed by atoms with Crippen LogP contribution in [0.3, 0.4) is 0 Å². The number of ether oxygens (including phenoxy) is 1. The van der Waals surface area contributed by atoms with Crippen LogP contribution in [0.4, 0.5) is 14.5 Å². The standard InChI is InChI=1S/C14H11F2NO2/c1-19-13-5-3-8(15)6-11(13)14(18)10-4-2-9(16)7-12(10)17/h2-7H,17H2,1H3. The van der Waals surface area contributed by atoms with Crippen LogP contribution in [0.25, 0.3) is 0 Å². The summed E-state index contributed by atoms with van der Waals surface area (Å²) in [7, 11) is 1.37. The van der Waals surface area contributed by atoms with Crippen molar-refractivity contribution in [2.75, 3.05) is 12.8 Å². The van der Waals surface area contributed by atoms with E-state index in [4.69, 9.17) is 10.5 Å². The lowest BCUT2D eigenvalue weighted by molar-refractivity contribution is 0.103. The fourth-order valence-electron chi connectivity index (χ4n) is 1.74. The highest BCUT2D eigenvalue weighted by molar-refractivity contribution is 6.13. The van der Waals surface area contributed by atoms with Gasteiger partial charge in [-0.25, -0.2) is 8.78 Å². The highest BCUT2D eigenvalue weighted by Gasteiger charge is 2.18. The number of rotatable bonds is 3. The number of carbonyl (C=O) groups excluding carboxylic acids is 1. The van der Waals surface area contributed by atoms with Gasteiger partial charge in [-0.15, -0.1) is 0 Å². The molecule has 0 spiro atoms. The first-order chi connectivity index (χ1) is 9.02. The Kier molecular flexibility index (Phi) is 3.46. The highest BCUT2D eigenvalue weighted by atomic mass is 19.1. The monoisotopic (exact) mass is 263 g/mol. The van der Waals surface area contributed by atoms with Crippen LogP contribution in [-0.2, 0) is 0 Å². The number of hydrogen-bond donors (Lipinski definition) is 1. The van der Waals surface area contributed by atoms with Gasteiger partial charge < -0.3 is 10.5 Å². The Morgan fingerprint density at radius 2 is 1.68 bits per heavy atom. The zero-order valence-corrected chi connectivity index (χ0v) is 10.1. The number of halogens is 2. The van der Waals surface area contributed by atoms with Crippen LogP contribution in [0.5, 0.6) is 5.75 Å². The van der Waals surface area contributed by atoms with E-state index < -0.39 is 17.4 Å². The van der Waals surface area contributed by atoms with Gasteiger partial charge in [0.1, 0.15) is 17.4 Å². The molecule has 0 radical (unpaired) electrons. The fourth-order valence-corrected chi connectivity index (χ4v) is 1.74. The van der Waals surface area contributed by atoms with Crippen LogP contribution in [0.1, 0.15) is 15.9 Å². The molecule has 0 aliphatic rings. The molecule has 3 nitrogen and oxygen atoms in total. The summed E-state index contributed by atoms with van der Waals surface area (Å²) in [6.07, 6.45) is 0. The van der Waals surface area contributed by atoms with Gasteiger partial charge in [0.05, 0.1) is 12.7 Å². The maximum absolute atomic E-state index is 13.2. The molecule has 2 aromatic rings. The molecular formula is C14H11F2NO2. The Bertz CT molecular complexity index is 641. The average Bonchev–Trinajstić information content (AvgIpc) is 2.38. The molecule has 0 fully saturated rings. The molecule has 0 heterocycles. The largest absolute Gasteiger partial charge is 0.496 e. The Morgan fingerprint density at radius 1 is 1.05 bits per heavy atom. The van der Waals surface area contributed by atoms with Crippen molar-refractivity contribution in [1.29, 1.82) is 0 Å². The van der Waals surface area contributed by atoms with Gasteiger partial charge in [0.15, 0.2) is 5.78 Å². The lowest BCUT2D eigenvalue weighted by atomic mass is 10.0. The van der Waals surface area contributed by atoms with Crippen molar-refractivity contribution < 1.29 is 18.3 Å². The molecule has 98 valence electrons. The molecule has 19 heavy (non-hydrogen) atoms. The third-order valence-corrected chi connectivity index (χ3v) is 2.66. The smallest absolute Gasteiger partial charge is 0.198 e. The molecule has 0 aliphatic carbocycles. The lowest BCUT2D eigenvalue weighted by Gasteiger charge is -2.09. The molecular weight excluding hydrogens is 252 g/mol. The van der Waals surface area contributed by atoms with E-state index in [-0.39, 0.29) is 22.6 Å². The van der Waals surface area contributed by atoms with E-state index in [1.807, 2.05) is 0 Å². The number of methoxy groups -OCH3 is 1. The van der Waals surface area contributed by atoms with Crippen LogP contribution >= 0.6 is 0 Å². The molecule has 0 aromatic heterocycles. The van der Waals surface area contributed by atoms with Gasteiger partial charge in [0, 0.05) is 11.3 Å². The van der Waals surface area contributed by atoms with Gasteiger partial charge in [0.2, 0.25) is 0 Å². The van der Waals surface area contributed by atoms with E-state index in [1.54, 1.807) is 0 Å². The second-order valence-electron chi connectivity index (χ2n) is 3.91. The van der Waals surface area contributed by atoms with E-state index in [9.17, 15) is 13.6 Å². The second-order valence-corrected chi connectivity index (χ2v) is 3.91. The second kappa shape index (κ2) is 5.06. The summed E-state index contributed by atoms with van der Waals surface area (Å²) in [5, 5.41) is 0. The van der Waals surface area contributed by atoms with Gasteiger partial charge in [-0.05, 0) is 36.4 Å². The molecule has 0 amide bonds. The van der Waals surface area contributed by atoms with Crippen molar-refractivity contribution in [3.8, 4) is 5.75 Å². The Hall–Kier alpha value is -2.43. The Balaban J connectivity index is 2.52. The van der Waals surface area contributed by atoms with Crippen molar-refractivity contribution in [3.05, 3.63) is 59.2 Å². The summed E-state index contributed by atoms with van der Waals surface area (Å²) in [5.41, 5.74) is 5.73. The van der Waals surface area contributed by atoms with E-state index in [0.29, 0.717) is 0 Å². The van der Waals surface area contributed by atoms with E-state index in [0.717, 1.165) is 18.2 Å². The molecule has 0 aliphatic heterocycles. The third-order valence-electron chi connectivity index (χ3n) is 2.66. The van der Waals surface area contributed by atoms with Crippen LogP contribution in [0.2, 0.25) is 0 Å². The summed E-state index contributed by atoms with van der Waals surface area (Å²) in [6.45, 7) is 0. The quantitative estimate of drug-likeness (QED) is 0.684. The van der Waals surface area contributed by atoms with Crippen LogP contribution in [0, 0.1) is 11.6 Å². The summed E-state index contributed by atoms with van der Waals surface area (Å²) >= 11 is 0. The summed E-state index contributed by atoms with van der Waals surface area (Å²) in [4.78, 5) is 12.3. The maximum atomic E-state index is 13.2. The molecule has 0 unspecified atom stereocenters. The summed E-state index contributed by atoms with van der Waals surface area (Å²) in [5.74, 6) is -1.39. The van der Waals surface area contributed by atoms with Gasteiger partial charge in [0.25, 0.3) is 0 Å². The number of anilines is 1. The molecule has 0 saturated heterocycles. The fraction of sp³-hybridized carbons (Fsp3) is 0.0714. The Morgan fingerprint density at radius 3 is 2.32 bits per heavy atom. The molecule has 0 atom stereocenters. The van der Waals surface area contributed by atoms with Crippen LogP contribution < -0.4 is 10.5 Å². The highest BCUT2D eigenvalue weighted by Crippen LogP contribution is 2.25. The topological polar surface area (TPSA) is 52.3 Å². The summed E-state index contributed by atoms with van der Waals surface area (Å²) in [6, 6.07) is 7.02. The van der Waals surface area contributed by atoms with Gasteiger partial charge >= 0.3 is 0 Å². The molecule has 5 heteroatoms. The number of benzene rings is 2. The SMILES string of the molecule is COc1ccc(F)cc1C(=O)c1ccc(F)cc1N. The van der Waals surface area contributed by atoms with Gasteiger partial charge in [-0.3, -0.25) is 4.79 Å². The molecule has 0 saturated carbocycles. The zero-order chi connectivity index (χ0) is 14.0. The number of ketones is 1. The minimum absolute atomic E-state index is 0.00341. The molecule has 0 bridgehead atoms. The van der Waals surface area contributed by atoms with E-state index >= 15 is 0 Å². The number of carbonyl (C=O) groups is 1. The van der Waals surface area contributed by atoms with Gasteiger partial charge in [-0.2, -0.15) is 0 Å². The molecule has 2 rings (SSSR count). The average molecular weight is 263 g/mol. The van der Waals surface area contributed by atoms with Gasteiger partial charge in [-0.1, -0.05) is 0 Å². The maximum Gasteiger partial charge on any atom is 0.198 e. The van der Waals surface area contributed by atoms with Crippen molar-refractivity contribution in [2.24, 2.45) is 0 Å². The molecule has 2 N–H and O–H groups in total. The number of nitrogen functional groups attached to an aromatic ring is 1. The predicted octanol–water partition coefficient (Wildman–Crippen LogP) is 2.79. The van der Waals surface area contributed by atoms with Crippen molar-refractivity contribution >= 4 is 11.5 Å². The first-order valence-corrected chi connectivity index (χ1v) is 5.46. The molecule has 2 aromatic carbocycles. The lowest BCUT2D eigenvalue weighted by Crippen LogP contribution is -2.08. The third kappa shape index (κ3) is 2.54. The minimum atomic E-state index is -0.565. The van der Waals surface area contributed by atoms with Crippen molar-refractivity contribution in [1.82, 2.24) is 0 Å². The van der Waals surface area contributed by atoms with Crippen LogP contribution in [0.15, 0.2) is 36.4 Å². The number of hydrogen-bond acceptors (Lipinski definition) is 3. The zero-order valence-electron chi connectivity index (χ0n) is 10.1. The van der Waals surface area contributed by atoms with E-state index in [1.165, 1.54) is 25.3 Å². The Labute approximate surface area is 108 Å². The number of nitrogens with two attached hydrogens (primary N) is 1. The van der Waals surface area contributed by atoms with E-state index in [2.05, 4.69) is 0 Å². The normalized spacial score (nSPS) is 10.3. The van der Waals surface area contributed by atoms with Crippen molar-refractivity contribution in [3.63, 3.8) is 0 Å². The first kappa shape index (κ1) is 13.0. The van der Waals surface area contributed by atoms with Crippen molar-refractivity contribution in [2.45, 2.75) is 0 Å². The summed E-state index contributed by atoms with van der Waals surface area (Å²) < 4.78 is 31.2.